The van der Waals surface area contributed by atoms with Crippen LogP contribution in [0.4, 0.5) is 0 Å². The lowest BCUT2D eigenvalue weighted by molar-refractivity contribution is -0.143. The van der Waals surface area contributed by atoms with Gasteiger partial charge in [0.15, 0.2) is 0 Å². The van der Waals surface area contributed by atoms with Crippen LogP contribution in [-0.4, -0.2) is 43.5 Å². The molecule has 0 unspecified atom stereocenters. The quantitative estimate of drug-likeness (QED) is 0.662. The van der Waals surface area contributed by atoms with Crippen LogP contribution in [0.2, 0.25) is 0 Å². The van der Waals surface area contributed by atoms with Gasteiger partial charge in [-0.25, -0.2) is 8.42 Å². The molecule has 1 N–H and O–H groups in total. The second kappa shape index (κ2) is 8.24. The van der Waals surface area contributed by atoms with E-state index in [1.807, 2.05) is 6.92 Å². The Balaban J connectivity index is 1.14. The summed E-state index contributed by atoms with van der Waals surface area (Å²) in [6.07, 6.45) is 8.77. The number of piperidine rings is 1. The molecule has 1 aromatic rings. The van der Waals surface area contributed by atoms with Gasteiger partial charge in [0.1, 0.15) is 0 Å². The zero-order valence-corrected chi connectivity index (χ0v) is 19.7. The van der Waals surface area contributed by atoms with Gasteiger partial charge in [-0.05, 0) is 93.6 Å². The number of Topliss-reactive ketones (excluding diaryl/α,β-unsaturated/α-hetero) is 1. The van der Waals surface area contributed by atoms with Gasteiger partial charge in [-0.3, -0.25) is 9.59 Å². The predicted molar refractivity (Wildman–Crippen MR) is 121 cm³/mol. The molecule has 174 valence electrons. The van der Waals surface area contributed by atoms with Crippen LogP contribution in [0.1, 0.15) is 63.4 Å². The minimum atomic E-state index is -3.52. The summed E-state index contributed by atoms with van der Waals surface area (Å²) in [5, 5.41) is 2.91. The van der Waals surface area contributed by atoms with Crippen LogP contribution in [0.15, 0.2) is 29.2 Å². The number of carbonyl (C=O) groups excluding carboxylic acids is 2. The number of hydrogen-bond donors (Lipinski definition) is 1. The maximum atomic E-state index is 12.9. The highest BCUT2D eigenvalue weighted by atomic mass is 32.2. The molecule has 0 atom stereocenters. The topological polar surface area (TPSA) is 83.6 Å². The van der Waals surface area contributed by atoms with E-state index in [2.05, 4.69) is 5.32 Å². The van der Waals surface area contributed by atoms with Crippen molar-refractivity contribution in [3.63, 3.8) is 0 Å². The molecule has 1 heterocycles. The van der Waals surface area contributed by atoms with E-state index < -0.39 is 15.9 Å². The van der Waals surface area contributed by atoms with Gasteiger partial charge in [0.25, 0.3) is 5.91 Å². The Morgan fingerprint density at radius 3 is 2.03 bits per heavy atom. The largest absolute Gasteiger partial charge is 0.347 e. The second-order valence-electron chi connectivity index (χ2n) is 11.0. The van der Waals surface area contributed by atoms with E-state index in [-0.39, 0.29) is 17.2 Å². The van der Waals surface area contributed by atoms with Gasteiger partial charge >= 0.3 is 0 Å². The number of aryl methyl sites for hydroxylation is 1. The molecule has 1 saturated heterocycles. The summed E-state index contributed by atoms with van der Waals surface area (Å²) in [7, 11) is -3.52. The van der Waals surface area contributed by atoms with Crippen LogP contribution in [0.3, 0.4) is 0 Å². The molecule has 5 aliphatic rings. The first-order valence-corrected chi connectivity index (χ1v) is 13.6. The predicted octanol–water partition coefficient (Wildman–Crippen LogP) is 3.44. The highest BCUT2D eigenvalue weighted by Gasteiger charge is 2.51. The number of hydrogen-bond acceptors (Lipinski definition) is 4. The van der Waals surface area contributed by atoms with E-state index in [1.54, 1.807) is 24.3 Å². The number of ketones is 1. The first-order valence-electron chi connectivity index (χ1n) is 12.1. The zero-order chi connectivity index (χ0) is 22.5. The van der Waals surface area contributed by atoms with Gasteiger partial charge in [-0.15, -0.1) is 0 Å². The molecule has 5 fully saturated rings. The zero-order valence-electron chi connectivity index (χ0n) is 18.9. The fourth-order valence-electron chi connectivity index (χ4n) is 7.29. The number of amides is 1. The van der Waals surface area contributed by atoms with Crippen LogP contribution in [0.5, 0.6) is 0 Å². The van der Waals surface area contributed by atoms with Crippen LogP contribution in [0, 0.1) is 30.1 Å². The minimum Gasteiger partial charge on any atom is -0.347 e. The van der Waals surface area contributed by atoms with Crippen molar-refractivity contribution in [2.24, 2.45) is 23.2 Å². The Hall–Kier alpha value is -1.73. The molecule has 4 aliphatic carbocycles. The molecule has 6 nitrogen and oxygen atoms in total. The Morgan fingerprint density at radius 2 is 1.50 bits per heavy atom. The fraction of sp³-hybridized carbons (Fsp3) is 0.680. The maximum absolute atomic E-state index is 12.9. The normalized spacial score (nSPS) is 32.7. The number of carbonyl (C=O) groups is 2. The van der Waals surface area contributed by atoms with E-state index in [1.165, 1.54) is 23.6 Å². The van der Waals surface area contributed by atoms with E-state index in [9.17, 15) is 18.0 Å². The first kappa shape index (κ1) is 22.1. The van der Waals surface area contributed by atoms with Crippen LogP contribution in [0.25, 0.3) is 0 Å². The lowest BCUT2D eigenvalue weighted by Gasteiger charge is -2.56. The Bertz CT molecular complexity index is 958. The van der Waals surface area contributed by atoms with E-state index in [0.717, 1.165) is 42.6 Å². The van der Waals surface area contributed by atoms with Gasteiger partial charge in [-0.2, -0.15) is 4.31 Å². The molecule has 32 heavy (non-hydrogen) atoms. The van der Waals surface area contributed by atoms with Gasteiger partial charge in [-0.1, -0.05) is 17.7 Å². The van der Waals surface area contributed by atoms with E-state index in [0.29, 0.717) is 37.2 Å². The van der Waals surface area contributed by atoms with Crippen molar-refractivity contribution in [1.82, 2.24) is 9.62 Å². The molecule has 1 aliphatic heterocycles. The van der Waals surface area contributed by atoms with E-state index >= 15 is 0 Å². The molecule has 0 spiro atoms. The van der Waals surface area contributed by atoms with Gasteiger partial charge < -0.3 is 5.32 Å². The lowest BCUT2D eigenvalue weighted by atomic mass is 9.48. The highest BCUT2D eigenvalue weighted by molar-refractivity contribution is 7.89. The molecular weight excluding hydrogens is 424 g/mol. The number of benzene rings is 1. The van der Waals surface area contributed by atoms with Crippen molar-refractivity contribution in [2.75, 3.05) is 13.1 Å². The molecule has 1 amide bonds. The number of sulfonamides is 1. The van der Waals surface area contributed by atoms with Crippen LogP contribution >= 0.6 is 0 Å². The van der Waals surface area contributed by atoms with E-state index in [4.69, 9.17) is 0 Å². The summed E-state index contributed by atoms with van der Waals surface area (Å²) in [5.74, 6) is 1.54. The Labute approximate surface area is 191 Å². The number of nitrogens with zero attached hydrogens (tertiary/aromatic N) is 1. The van der Waals surface area contributed by atoms with Crippen molar-refractivity contribution < 1.29 is 18.0 Å². The molecule has 4 saturated carbocycles. The van der Waals surface area contributed by atoms with Gasteiger partial charge in [0.2, 0.25) is 15.8 Å². The Kier molecular flexibility index (Phi) is 5.69. The van der Waals surface area contributed by atoms with Gasteiger partial charge in [0.05, 0.1) is 4.90 Å². The monoisotopic (exact) mass is 458 g/mol. The molecule has 7 heteroatoms. The van der Waals surface area contributed by atoms with Crippen molar-refractivity contribution in [2.45, 2.75) is 75.6 Å². The molecule has 0 radical (unpaired) electrons. The summed E-state index contributed by atoms with van der Waals surface area (Å²) in [4.78, 5) is 25.8. The standard InChI is InChI=1S/C25H34N2O4S/c1-17-2-4-22(5-3-17)32(30,31)27-8-6-21(7-9-27)26-24(29)23(28)16-25-13-18-10-19(14-25)12-20(11-18)15-25/h2-5,18-21H,6-16H2,1H3,(H,26,29). The lowest BCUT2D eigenvalue weighted by Crippen LogP contribution is -2.50. The highest BCUT2D eigenvalue weighted by Crippen LogP contribution is 2.61. The number of nitrogens with one attached hydrogen (secondary N) is 1. The second-order valence-corrected chi connectivity index (χ2v) is 12.9. The smallest absolute Gasteiger partial charge is 0.287 e. The third kappa shape index (κ3) is 4.26. The minimum absolute atomic E-state index is 0.0641. The first-order chi connectivity index (χ1) is 15.2. The van der Waals surface area contributed by atoms with Crippen LogP contribution in [-0.2, 0) is 19.6 Å². The van der Waals surface area contributed by atoms with Crippen molar-refractivity contribution in [3.05, 3.63) is 29.8 Å². The molecular formula is C25H34N2O4S. The number of rotatable bonds is 6. The third-order valence-corrected chi connectivity index (χ3v) is 10.3. The summed E-state index contributed by atoms with van der Waals surface area (Å²) in [5.41, 5.74) is 1.08. The summed E-state index contributed by atoms with van der Waals surface area (Å²) in [6, 6.07) is 6.74. The Morgan fingerprint density at radius 1 is 0.969 bits per heavy atom. The average molecular weight is 459 g/mol. The summed E-state index contributed by atoms with van der Waals surface area (Å²) in [6.45, 7) is 2.63. The average Bonchev–Trinajstić information content (AvgIpc) is 2.73. The third-order valence-electron chi connectivity index (χ3n) is 8.40. The molecule has 1 aromatic carbocycles. The van der Waals surface area contributed by atoms with Crippen molar-refractivity contribution in [1.29, 1.82) is 0 Å². The van der Waals surface area contributed by atoms with Crippen molar-refractivity contribution in [3.8, 4) is 0 Å². The summed E-state index contributed by atoms with van der Waals surface area (Å²) < 4.78 is 27.2. The van der Waals surface area contributed by atoms with Crippen LogP contribution < -0.4 is 5.32 Å². The molecule has 4 bridgehead atoms. The maximum Gasteiger partial charge on any atom is 0.287 e. The summed E-state index contributed by atoms with van der Waals surface area (Å²) >= 11 is 0. The molecule has 0 aromatic heterocycles. The fourth-order valence-corrected chi connectivity index (χ4v) is 8.76. The van der Waals surface area contributed by atoms with Gasteiger partial charge in [0, 0.05) is 25.6 Å². The SMILES string of the molecule is Cc1ccc(S(=O)(=O)N2CCC(NC(=O)C(=O)CC34CC5CC(CC(C5)C3)C4)CC2)cc1. The van der Waals surface area contributed by atoms with Crippen molar-refractivity contribution >= 4 is 21.7 Å². The molecule has 6 rings (SSSR count).